The Balaban J connectivity index is 2.65. The summed E-state index contributed by atoms with van der Waals surface area (Å²) in [5, 5.41) is 10.8. The lowest BCUT2D eigenvalue weighted by atomic mass is 10.1. The zero-order valence-electron chi connectivity index (χ0n) is 7.32. The van der Waals surface area contributed by atoms with Gasteiger partial charge in [0.1, 0.15) is 0 Å². The van der Waals surface area contributed by atoms with Crippen LogP contribution in [-0.4, -0.2) is 5.91 Å². The first-order valence-electron chi connectivity index (χ1n) is 3.99. The summed E-state index contributed by atoms with van der Waals surface area (Å²) < 4.78 is 0. The Morgan fingerprint density at radius 3 is 2.62 bits per heavy atom. The van der Waals surface area contributed by atoms with E-state index in [2.05, 4.69) is 5.32 Å². The third kappa shape index (κ3) is 2.60. The van der Waals surface area contributed by atoms with Crippen LogP contribution in [0.15, 0.2) is 30.3 Å². The molecule has 0 spiro atoms. The van der Waals surface area contributed by atoms with Crippen LogP contribution in [-0.2, 0) is 4.79 Å². The van der Waals surface area contributed by atoms with Gasteiger partial charge in [-0.3, -0.25) is 4.79 Å². The molecule has 3 nitrogen and oxygen atoms in total. The van der Waals surface area contributed by atoms with E-state index in [4.69, 9.17) is 5.26 Å². The van der Waals surface area contributed by atoms with Gasteiger partial charge in [0.25, 0.3) is 0 Å². The van der Waals surface area contributed by atoms with Gasteiger partial charge in [0, 0.05) is 0 Å². The second-order valence-electron chi connectivity index (χ2n) is 2.72. The number of nitrogens with zero attached hydrogens (tertiary/aromatic N) is 1. The number of benzene rings is 1. The van der Waals surface area contributed by atoms with E-state index in [0.717, 1.165) is 5.56 Å². The molecule has 0 radical (unpaired) electrons. The van der Waals surface area contributed by atoms with Crippen LogP contribution < -0.4 is 5.32 Å². The fraction of sp³-hybridized carbons (Fsp3) is 0.200. The molecule has 3 heteroatoms. The average molecular weight is 174 g/mol. The van der Waals surface area contributed by atoms with Crippen LogP contribution in [0.2, 0.25) is 0 Å². The molecule has 0 saturated carbocycles. The molecule has 1 atom stereocenters. The summed E-state index contributed by atoms with van der Waals surface area (Å²) in [4.78, 5) is 10.7. The monoisotopic (exact) mass is 174 g/mol. The number of nitriles is 1. The van der Waals surface area contributed by atoms with Crippen molar-refractivity contribution in [2.24, 2.45) is 0 Å². The van der Waals surface area contributed by atoms with Gasteiger partial charge in [-0.2, -0.15) is 5.26 Å². The number of rotatable bonds is 2. The smallest absolute Gasteiger partial charge is 0.322 e. The highest BCUT2D eigenvalue weighted by Crippen LogP contribution is 2.10. The second-order valence-corrected chi connectivity index (χ2v) is 2.72. The zero-order valence-corrected chi connectivity index (χ0v) is 7.32. The molecule has 13 heavy (non-hydrogen) atoms. The van der Waals surface area contributed by atoms with E-state index in [1.807, 2.05) is 37.3 Å². The molecule has 1 aromatic carbocycles. The summed E-state index contributed by atoms with van der Waals surface area (Å²) in [6.07, 6.45) is 0. The first kappa shape index (κ1) is 9.27. The fourth-order valence-electron chi connectivity index (χ4n) is 1.05. The van der Waals surface area contributed by atoms with Gasteiger partial charge in [0.2, 0.25) is 0 Å². The first-order valence-corrected chi connectivity index (χ1v) is 3.99. The first-order chi connectivity index (χ1) is 6.24. The van der Waals surface area contributed by atoms with Crippen molar-refractivity contribution in [3.05, 3.63) is 35.9 Å². The van der Waals surface area contributed by atoms with Gasteiger partial charge < -0.3 is 5.32 Å². The molecule has 66 valence electrons. The van der Waals surface area contributed by atoms with E-state index in [0.29, 0.717) is 0 Å². The van der Waals surface area contributed by atoms with Crippen molar-refractivity contribution >= 4 is 5.91 Å². The van der Waals surface area contributed by atoms with E-state index >= 15 is 0 Å². The minimum Gasteiger partial charge on any atom is -0.337 e. The lowest BCUT2D eigenvalue weighted by Gasteiger charge is -2.10. The van der Waals surface area contributed by atoms with Crippen LogP contribution in [0.3, 0.4) is 0 Å². The molecule has 0 aromatic heterocycles. The maximum atomic E-state index is 10.7. The van der Waals surface area contributed by atoms with Crippen molar-refractivity contribution in [3.63, 3.8) is 0 Å². The molecule has 1 unspecified atom stereocenters. The molecule has 1 rings (SSSR count). The Labute approximate surface area is 77.0 Å². The third-order valence-electron chi connectivity index (χ3n) is 1.75. The molecule has 0 fully saturated rings. The number of hydrogen-bond donors (Lipinski definition) is 1. The Bertz CT molecular complexity index is 327. The normalized spacial score (nSPS) is 11.4. The molecular formula is C10H10N2O. The minimum absolute atomic E-state index is 0.117. The lowest BCUT2D eigenvalue weighted by Crippen LogP contribution is -2.24. The molecule has 1 aromatic rings. The molecule has 0 bridgehead atoms. The standard InChI is InChI=1S/C10H10N2O/c1-8(12-10(13)7-11)9-5-3-2-4-6-9/h2-6,8H,1H3,(H,12,13). The van der Waals surface area contributed by atoms with E-state index in [-0.39, 0.29) is 6.04 Å². The zero-order chi connectivity index (χ0) is 9.68. The number of carbonyl (C=O) groups is 1. The number of amides is 1. The van der Waals surface area contributed by atoms with Crippen LogP contribution in [0.25, 0.3) is 0 Å². The predicted octanol–water partition coefficient (Wildman–Crippen LogP) is 1.39. The highest BCUT2D eigenvalue weighted by molar-refractivity contribution is 5.91. The quantitative estimate of drug-likeness (QED) is 0.689. The van der Waals surface area contributed by atoms with Crippen LogP contribution in [0, 0.1) is 11.3 Å². The van der Waals surface area contributed by atoms with E-state index in [9.17, 15) is 4.79 Å². The van der Waals surface area contributed by atoms with Gasteiger partial charge >= 0.3 is 5.91 Å². The van der Waals surface area contributed by atoms with Gasteiger partial charge in [-0.25, -0.2) is 0 Å². The molecule has 1 N–H and O–H groups in total. The number of hydrogen-bond acceptors (Lipinski definition) is 2. The summed E-state index contributed by atoms with van der Waals surface area (Å²) in [7, 11) is 0. The van der Waals surface area contributed by atoms with Crippen molar-refractivity contribution in [3.8, 4) is 6.07 Å². The fourth-order valence-corrected chi connectivity index (χ4v) is 1.05. The van der Waals surface area contributed by atoms with Gasteiger partial charge in [0.15, 0.2) is 6.07 Å². The highest BCUT2D eigenvalue weighted by atomic mass is 16.1. The Hall–Kier alpha value is -1.82. The summed E-state index contributed by atoms with van der Waals surface area (Å²) in [5.41, 5.74) is 0.992. The largest absolute Gasteiger partial charge is 0.337 e. The van der Waals surface area contributed by atoms with Crippen molar-refractivity contribution < 1.29 is 4.79 Å². The molecule has 0 saturated heterocycles. The summed E-state index contributed by atoms with van der Waals surface area (Å²) in [5.74, 6) is -0.601. The lowest BCUT2D eigenvalue weighted by molar-refractivity contribution is -0.116. The topological polar surface area (TPSA) is 52.9 Å². The van der Waals surface area contributed by atoms with E-state index < -0.39 is 5.91 Å². The Morgan fingerprint density at radius 2 is 2.08 bits per heavy atom. The molecule has 0 aliphatic rings. The summed E-state index contributed by atoms with van der Waals surface area (Å²) >= 11 is 0. The number of nitrogens with one attached hydrogen (secondary N) is 1. The minimum atomic E-state index is -0.601. The number of carbonyl (C=O) groups excluding carboxylic acids is 1. The summed E-state index contributed by atoms with van der Waals surface area (Å²) in [6, 6.07) is 10.9. The van der Waals surface area contributed by atoms with Crippen LogP contribution >= 0.6 is 0 Å². The molecular weight excluding hydrogens is 164 g/mol. The maximum Gasteiger partial charge on any atom is 0.322 e. The molecule has 0 aliphatic heterocycles. The van der Waals surface area contributed by atoms with Crippen molar-refractivity contribution in [1.29, 1.82) is 5.26 Å². The Morgan fingerprint density at radius 1 is 1.46 bits per heavy atom. The molecule has 0 heterocycles. The van der Waals surface area contributed by atoms with Gasteiger partial charge in [-0.05, 0) is 12.5 Å². The van der Waals surface area contributed by atoms with E-state index in [1.54, 1.807) is 0 Å². The van der Waals surface area contributed by atoms with Crippen molar-refractivity contribution in [1.82, 2.24) is 5.32 Å². The van der Waals surface area contributed by atoms with Gasteiger partial charge in [0.05, 0.1) is 6.04 Å². The van der Waals surface area contributed by atoms with Crippen LogP contribution in [0.4, 0.5) is 0 Å². The third-order valence-corrected chi connectivity index (χ3v) is 1.75. The average Bonchev–Trinajstić information content (AvgIpc) is 2.19. The van der Waals surface area contributed by atoms with Crippen molar-refractivity contribution in [2.45, 2.75) is 13.0 Å². The van der Waals surface area contributed by atoms with Gasteiger partial charge in [-0.15, -0.1) is 0 Å². The van der Waals surface area contributed by atoms with Crippen LogP contribution in [0.1, 0.15) is 18.5 Å². The SMILES string of the molecule is CC(NC(=O)C#N)c1ccccc1. The predicted molar refractivity (Wildman–Crippen MR) is 48.6 cm³/mol. The molecule has 1 amide bonds. The molecule has 0 aliphatic carbocycles. The maximum absolute atomic E-state index is 10.7. The van der Waals surface area contributed by atoms with Crippen LogP contribution in [0.5, 0.6) is 0 Å². The van der Waals surface area contributed by atoms with E-state index in [1.165, 1.54) is 6.07 Å². The summed E-state index contributed by atoms with van der Waals surface area (Å²) in [6.45, 7) is 1.84. The van der Waals surface area contributed by atoms with Crippen molar-refractivity contribution in [2.75, 3.05) is 0 Å². The van der Waals surface area contributed by atoms with Gasteiger partial charge in [-0.1, -0.05) is 30.3 Å². The Kier molecular flexibility index (Phi) is 3.04. The second kappa shape index (κ2) is 4.27. The highest BCUT2D eigenvalue weighted by Gasteiger charge is 2.06.